The van der Waals surface area contributed by atoms with Crippen molar-refractivity contribution < 1.29 is 13.2 Å². The zero-order chi connectivity index (χ0) is 15.5. The second-order valence-corrected chi connectivity index (χ2v) is 7.03. The number of nitrogens with one attached hydrogen (secondary N) is 2. The summed E-state index contributed by atoms with van der Waals surface area (Å²) in [5.41, 5.74) is 0.959. The number of primary sulfonamides is 1. The van der Waals surface area contributed by atoms with Crippen LogP contribution in [-0.4, -0.2) is 34.0 Å². The third-order valence-electron chi connectivity index (χ3n) is 3.82. The standard InChI is InChI=1S/C14H21N3O3S/c1-10-8-16-9-13(10)14(18)17-7-6-11-2-4-12(5-3-11)21(15,19)20/h2-5,10,13,16H,6-9H2,1H3,(H,17,18)(H2,15,19,20). The van der Waals surface area contributed by atoms with Crippen molar-refractivity contribution in [3.8, 4) is 0 Å². The van der Waals surface area contributed by atoms with Crippen molar-refractivity contribution in [1.82, 2.24) is 10.6 Å². The van der Waals surface area contributed by atoms with Gasteiger partial charge < -0.3 is 10.6 Å². The van der Waals surface area contributed by atoms with Gasteiger partial charge in [0.25, 0.3) is 0 Å². The summed E-state index contributed by atoms with van der Waals surface area (Å²) in [5, 5.41) is 11.2. The molecule has 0 aromatic heterocycles. The molecule has 1 amide bonds. The molecule has 0 aliphatic carbocycles. The van der Waals surface area contributed by atoms with Gasteiger partial charge in [0.15, 0.2) is 0 Å². The molecular formula is C14H21N3O3S. The highest BCUT2D eigenvalue weighted by molar-refractivity contribution is 7.89. The number of hydrogen-bond donors (Lipinski definition) is 3. The molecule has 1 aliphatic rings. The highest BCUT2D eigenvalue weighted by atomic mass is 32.2. The fraction of sp³-hybridized carbons (Fsp3) is 0.500. The summed E-state index contributed by atoms with van der Waals surface area (Å²) in [6, 6.07) is 6.39. The minimum atomic E-state index is -3.65. The van der Waals surface area contributed by atoms with E-state index in [0.29, 0.717) is 18.9 Å². The molecule has 4 N–H and O–H groups in total. The lowest BCUT2D eigenvalue weighted by molar-refractivity contribution is -0.125. The van der Waals surface area contributed by atoms with Crippen molar-refractivity contribution in [3.63, 3.8) is 0 Å². The minimum absolute atomic E-state index is 0.0368. The topological polar surface area (TPSA) is 101 Å². The molecule has 21 heavy (non-hydrogen) atoms. The van der Waals surface area contributed by atoms with Crippen LogP contribution in [0.1, 0.15) is 12.5 Å². The number of carbonyl (C=O) groups excluding carboxylic acids is 1. The van der Waals surface area contributed by atoms with Crippen LogP contribution in [0.2, 0.25) is 0 Å². The third-order valence-corrected chi connectivity index (χ3v) is 4.75. The summed E-state index contributed by atoms with van der Waals surface area (Å²) in [6.07, 6.45) is 0.658. The molecule has 0 saturated carbocycles. The Morgan fingerprint density at radius 1 is 1.33 bits per heavy atom. The summed E-state index contributed by atoms with van der Waals surface area (Å²) in [5.74, 6) is 0.474. The quantitative estimate of drug-likeness (QED) is 0.704. The van der Waals surface area contributed by atoms with Crippen LogP contribution >= 0.6 is 0 Å². The van der Waals surface area contributed by atoms with Crippen molar-refractivity contribution in [1.29, 1.82) is 0 Å². The molecule has 2 atom stereocenters. The average molecular weight is 311 g/mol. The first kappa shape index (κ1) is 15.9. The molecule has 1 heterocycles. The lowest BCUT2D eigenvalue weighted by Crippen LogP contribution is -2.35. The van der Waals surface area contributed by atoms with E-state index < -0.39 is 10.0 Å². The Morgan fingerprint density at radius 2 is 2.00 bits per heavy atom. The first-order chi connectivity index (χ1) is 9.88. The molecule has 2 unspecified atom stereocenters. The van der Waals surface area contributed by atoms with Crippen molar-refractivity contribution in [3.05, 3.63) is 29.8 Å². The van der Waals surface area contributed by atoms with Gasteiger partial charge in [0.2, 0.25) is 15.9 Å². The minimum Gasteiger partial charge on any atom is -0.355 e. The zero-order valence-corrected chi connectivity index (χ0v) is 12.8. The van der Waals surface area contributed by atoms with Gasteiger partial charge in [0.05, 0.1) is 10.8 Å². The van der Waals surface area contributed by atoms with Crippen LogP contribution in [0.3, 0.4) is 0 Å². The van der Waals surface area contributed by atoms with Crippen molar-refractivity contribution in [2.24, 2.45) is 17.0 Å². The lowest BCUT2D eigenvalue weighted by Gasteiger charge is -2.14. The molecule has 7 heteroatoms. The molecule has 1 fully saturated rings. The fourth-order valence-electron chi connectivity index (χ4n) is 2.47. The van der Waals surface area contributed by atoms with Crippen LogP contribution in [0.4, 0.5) is 0 Å². The Bertz CT molecular complexity index is 598. The van der Waals surface area contributed by atoms with Crippen LogP contribution in [0.25, 0.3) is 0 Å². The molecule has 0 radical (unpaired) electrons. The van der Waals surface area contributed by atoms with E-state index in [1.54, 1.807) is 12.1 Å². The molecule has 2 rings (SSSR count). The van der Waals surface area contributed by atoms with Gasteiger partial charge in [-0.2, -0.15) is 0 Å². The largest absolute Gasteiger partial charge is 0.355 e. The Labute approximate surface area is 125 Å². The van der Waals surface area contributed by atoms with Gasteiger partial charge in [-0.15, -0.1) is 0 Å². The number of sulfonamides is 1. The van der Waals surface area contributed by atoms with E-state index in [9.17, 15) is 13.2 Å². The Morgan fingerprint density at radius 3 is 2.52 bits per heavy atom. The molecule has 116 valence electrons. The van der Waals surface area contributed by atoms with Crippen LogP contribution in [-0.2, 0) is 21.2 Å². The summed E-state index contributed by atoms with van der Waals surface area (Å²) in [4.78, 5) is 12.1. The highest BCUT2D eigenvalue weighted by Gasteiger charge is 2.28. The van der Waals surface area contributed by atoms with Crippen LogP contribution < -0.4 is 15.8 Å². The number of nitrogens with two attached hydrogens (primary N) is 1. The first-order valence-corrected chi connectivity index (χ1v) is 8.53. The molecule has 1 saturated heterocycles. The van der Waals surface area contributed by atoms with Crippen LogP contribution in [0, 0.1) is 11.8 Å². The van der Waals surface area contributed by atoms with Gasteiger partial charge >= 0.3 is 0 Å². The van der Waals surface area contributed by atoms with Gasteiger partial charge in [0.1, 0.15) is 0 Å². The van der Waals surface area contributed by atoms with E-state index in [0.717, 1.165) is 18.7 Å². The second-order valence-electron chi connectivity index (χ2n) is 5.47. The number of rotatable bonds is 5. The summed E-state index contributed by atoms with van der Waals surface area (Å²) < 4.78 is 22.3. The monoisotopic (exact) mass is 311 g/mol. The molecule has 1 aromatic carbocycles. The Kier molecular flexibility index (Phi) is 4.97. The van der Waals surface area contributed by atoms with Gasteiger partial charge in [-0.05, 0) is 36.6 Å². The Hall–Kier alpha value is -1.44. The number of benzene rings is 1. The number of hydrogen-bond acceptors (Lipinski definition) is 4. The molecular weight excluding hydrogens is 290 g/mol. The van der Waals surface area contributed by atoms with E-state index in [4.69, 9.17) is 5.14 Å². The smallest absolute Gasteiger partial charge is 0.238 e. The SMILES string of the molecule is CC1CNCC1C(=O)NCCc1ccc(S(N)(=O)=O)cc1. The van der Waals surface area contributed by atoms with Gasteiger partial charge in [-0.3, -0.25) is 4.79 Å². The van der Waals surface area contributed by atoms with Gasteiger partial charge in [-0.25, -0.2) is 13.6 Å². The van der Waals surface area contributed by atoms with Crippen LogP contribution in [0.5, 0.6) is 0 Å². The van der Waals surface area contributed by atoms with Crippen molar-refractivity contribution in [2.75, 3.05) is 19.6 Å². The average Bonchev–Trinajstić information content (AvgIpc) is 2.84. The van der Waals surface area contributed by atoms with Crippen LogP contribution in [0.15, 0.2) is 29.2 Å². The molecule has 6 nitrogen and oxygen atoms in total. The maximum atomic E-state index is 12.0. The molecule has 1 aliphatic heterocycles. The third kappa shape index (κ3) is 4.26. The van der Waals surface area contributed by atoms with Crippen molar-refractivity contribution in [2.45, 2.75) is 18.2 Å². The summed E-state index contributed by atoms with van der Waals surface area (Å²) in [6.45, 7) is 4.22. The first-order valence-electron chi connectivity index (χ1n) is 6.98. The van der Waals surface area contributed by atoms with E-state index in [1.807, 2.05) is 0 Å². The Balaban J connectivity index is 1.82. The fourth-order valence-corrected chi connectivity index (χ4v) is 2.98. The number of amides is 1. The van der Waals surface area contributed by atoms with Crippen molar-refractivity contribution >= 4 is 15.9 Å². The molecule has 1 aromatic rings. The summed E-state index contributed by atoms with van der Waals surface area (Å²) in [7, 11) is -3.65. The normalized spacial score (nSPS) is 22.2. The maximum absolute atomic E-state index is 12.0. The second kappa shape index (κ2) is 6.55. The number of carbonyl (C=O) groups is 1. The van der Waals surface area contributed by atoms with E-state index in [-0.39, 0.29) is 16.7 Å². The van der Waals surface area contributed by atoms with E-state index >= 15 is 0 Å². The predicted octanol–water partition coefficient (Wildman–Crippen LogP) is -0.152. The molecule has 0 spiro atoms. The van der Waals surface area contributed by atoms with E-state index in [1.165, 1.54) is 12.1 Å². The molecule has 0 bridgehead atoms. The zero-order valence-electron chi connectivity index (χ0n) is 12.0. The summed E-state index contributed by atoms with van der Waals surface area (Å²) >= 11 is 0. The predicted molar refractivity (Wildman–Crippen MR) is 80.1 cm³/mol. The lowest BCUT2D eigenvalue weighted by atomic mass is 9.97. The highest BCUT2D eigenvalue weighted by Crippen LogP contribution is 2.15. The van der Waals surface area contributed by atoms with Gasteiger partial charge in [-0.1, -0.05) is 19.1 Å². The maximum Gasteiger partial charge on any atom is 0.238 e. The van der Waals surface area contributed by atoms with E-state index in [2.05, 4.69) is 17.6 Å². The van der Waals surface area contributed by atoms with Gasteiger partial charge in [0, 0.05) is 13.1 Å².